The summed E-state index contributed by atoms with van der Waals surface area (Å²) in [6.45, 7) is 53.4. The zero-order valence-electron chi connectivity index (χ0n) is 42.4. The molecule has 0 unspecified atom stereocenters. The maximum absolute atomic E-state index is 13.4. The lowest BCUT2D eigenvalue weighted by molar-refractivity contribution is 0.567. The molecule has 332 valence electrons. The molecule has 5 aromatic carbocycles. The Kier molecular flexibility index (Phi) is 19.6. The van der Waals surface area contributed by atoms with E-state index in [1.165, 1.54) is 33.4 Å². The van der Waals surface area contributed by atoms with E-state index in [9.17, 15) is 8.78 Å². The molecule has 0 aliphatic heterocycles. The van der Waals surface area contributed by atoms with Crippen molar-refractivity contribution < 1.29 is 8.78 Å². The van der Waals surface area contributed by atoms with Gasteiger partial charge in [0, 0.05) is 0 Å². The smallest absolute Gasteiger partial charge is 0.190 e. The second-order valence-corrected chi connectivity index (χ2v) is 21.9. The summed E-state index contributed by atoms with van der Waals surface area (Å²) in [6.07, 6.45) is 0. The first-order chi connectivity index (χ1) is 27.6. The van der Waals surface area contributed by atoms with E-state index in [0.29, 0.717) is 5.56 Å². The molecule has 0 heterocycles. The van der Waals surface area contributed by atoms with Crippen LogP contribution in [-0.4, -0.2) is 0 Å². The first kappa shape index (κ1) is 54.5. The molecular formula is C58H81F2N. The van der Waals surface area contributed by atoms with Gasteiger partial charge in [0.25, 0.3) is 0 Å². The van der Waals surface area contributed by atoms with Crippen molar-refractivity contribution in [3.8, 4) is 0 Å². The topological polar surface area (TPSA) is 4.36 Å². The van der Waals surface area contributed by atoms with Crippen LogP contribution in [0.3, 0.4) is 0 Å². The average molecular weight is 830 g/mol. The third-order valence-corrected chi connectivity index (χ3v) is 11.0. The minimum atomic E-state index is -0.109. The van der Waals surface area contributed by atoms with Gasteiger partial charge in [-0.25, -0.2) is 13.6 Å². The lowest BCUT2D eigenvalue weighted by Crippen LogP contribution is -2.12. The fourth-order valence-corrected chi connectivity index (χ4v) is 5.77. The summed E-state index contributed by atoms with van der Waals surface area (Å²) in [6, 6.07) is 30.7. The maximum Gasteiger partial charge on any atom is 0.190 e. The van der Waals surface area contributed by atoms with Crippen LogP contribution in [0, 0.1) is 66.7 Å². The highest BCUT2D eigenvalue weighted by Crippen LogP contribution is 2.29. The lowest BCUT2D eigenvalue weighted by atomic mass is 9.85. The summed E-state index contributed by atoms with van der Waals surface area (Å²) >= 11 is 0. The molecule has 1 nitrogen and oxygen atoms in total. The summed E-state index contributed by atoms with van der Waals surface area (Å²) < 4.78 is 26.5. The highest BCUT2D eigenvalue weighted by molar-refractivity contribution is 5.54. The fourth-order valence-electron chi connectivity index (χ4n) is 5.77. The van der Waals surface area contributed by atoms with E-state index in [1.807, 2.05) is 45.0 Å². The van der Waals surface area contributed by atoms with E-state index in [-0.39, 0.29) is 38.7 Å². The third kappa shape index (κ3) is 18.5. The van der Waals surface area contributed by atoms with Crippen molar-refractivity contribution in [1.29, 1.82) is 0 Å². The van der Waals surface area contributed by atoms with Crippen LogP contribution in [0.15, 0.2) is 91.0 Å². The van der Waals surface area contributed by atoms with Crippen molar-refractivity contribution in [2.24, 2.45) is 0 Å². The number of hydrogen-bond donors (Lipinski definition) is 0. The van der Waals surface area contributed by atoms with Crippen LogP contribution in [0.2, 0.25) is 0 Å². The Morgan fingerprint density at radius 1 is 0.344 bits per heavy atom. The number of rotatable bonds is 0. The van der Waals surface area contributed by atoms with Gasteiger partial charge >= 0.3 is 0 Å². The second kappa shape index (κ2) is 22.0. The predicted molar refractivity (Wildman–Crippen MR) is 265 cm³/mol. The van der Waals surface area contributed by atoms with Crippen molar-refractivity contribution in [3.05, 3.63) is 181 Å². The van der Waals surface area contributed by atoms with Crippen molar-refractivity contribution in [2.45, 2.75) is 179 Å². The van der Waals surface area contributed by atoms with Crippen molar-refractivity contribution in [2.75, 3.05) is 0 Å². The van der Waals surface area contributed by atoms with Crippen LogP contribution >= 0.6 is 0 Å². The molecule has 3 heteroatoms. The molecule has 0 spiro atoms. The Bertz CT molecular complexity index is 2110. The van der Waals surface area contributed by atoms with Gasteiger partial charge in [0.15, 0.2) is 5.69 Å². The van der Waals surface area contributed by atoms with Crippen molar-refractivity contribution >= 4 is 5.69 Å². The molecular weight excluding hydrogens is 749 g/mol. The molecule has 0 saturated carbocycles. The summed E-state index contributed by atoms with van der Waals surface area (Å²) in [5.74, 6) is -0.202. The highest BCUT2D eigenvalue weighted by atomic mass is 19.1. The van der Waals surface area contributed by atoms with Crippen LogP contribution in [0.5, 0.6) is 0 Å². The van der Waals surface area contributed by atoms with Crippen LogP contribution in [0.1, 0.15) is 171 Å². The molecule has 61 heavy (non-hydrogen) atoms. The van der Waals surface area contributed by atoms with Gasteiger partial charge in [-0.1, -0.05) is 194 Å². The predicted octanol–water partition coefficient (Wildman–Crippen LogP) is 17.9. The standard InChI is InChI=1S/C12H17F.C12H15N.C12H18.C11H15F.C11H16/c1-8-6-10(12(3,4)5)7-11(13)9(8)2;1-9-6-7-10(12(2,3)4)8-11(9)13-5;1-9-6-7-11(8-10(9)2)12(3,4)5;1-8-5-6-9(7-10(8)12)11(2,3)4;1-9-5-7-10(8-6-9)11(2,3)4/h6-7H,1-5H3;6-8H,1-4H3;6-8H,1-5H3;5-7H,1-4H3;5-8H,1-4H3. The molecule has 0 aromatic heterocycles. The lowest BCUT2D eigenvalue weighted by Gasteiger charge is -2.20. The van der Waals surface area contributed by atoms with Crippen LogP contribution in [0.4, 0.5) is 14.5 Å². The van der Waals surface area contributed by atoms with E-state index in [4.69, 9.17) is 6.57 Å². The number of hydrogen-bond acceptors (Lipinski definition) is 0. The first-order valence-electron chi connectivity index (χ1n) is 21.8. The van der Waals surface area contributed by atoms with Crippen LogP contribution in [-0.2, 0) is 27.1 Å². The fraction of sp³-hybridized carbons (Fsp3) is 0.466. The maximum atomic E-state index is 13.4. The van der Waals surface area contributed by atoms with E-state index < -0.39 is 0 Å². The summed E-state index contributed by atoms with van der Waals surface area (Å²) in [4.78, 5) is 3.49. The van der Waals surface area contributed by atoms with Crippen molar-refractivity contribution in [1.82, 2.24) is 0 Å². The Hall–Kier alpha value is -4.55. The molecule has 5 aromatic rings. The SMILES string of the molecule is Cc1cc(C(C)(C)C)cc(F)c1C.Cc1ccc(C(C)(C)C)cc1.Cc1ccc(C(C)(C)C)cc1C.Cc1ccc(C(C)(C)C)cc1F.[C-]#[N+]c1cc(C(C)(C)C)ccc1C. The summed E-state index contributed by atoms with van der Waals surface area (Å²) in [7, 11) is 0. The minimum absolute atomic E-state index is 0.0271. The quantitative estimate of drug-likeness (QED) is 0.137. The summed E-state index contributed by atoms with van der Waals surface area (Å²) in [5.41, 5.74) is 15.4. The Balaban J connectivity index is 0.000000382. The van der Waals surface area contributed by atoms with Crippen molar-refractivity contribution in [3.63, 3.8) is 0 Å². The molecule has 0 radical (unpaired) electrons. The molecule has 0 amide bonds. The Labute approximate surface area is 373 Å². The van der Waals surface area contributed by atoms with Gasteiger partial charge in [0.1, 0.15) is 11.6 Å². The second-order valence-electron chi connectivity index (χ2n) is 21.9. The third-order valence-electron chi connectivity index (χ3n) is 11.0. The van der Waals surface area contributed by atoms with Gasteiger partial charge in [-0.3, -0.25) is 0 Å². The molecule has 0 fully saturated rings. The van der Waals surface area contributed by atoms with E-state index in [2.05, 4.69) is 184 Å². The van der Waals surface area contributed by atoms with Crippen LogP contribution in [0.25, 0.3) is 4.85 Å². The molecule has 0 atom stereocenters. The molecule has 0 aliphatic rings. The van der Waals surface area contributed by atoms with E-state index >= 15 is 0 Å². The van der Waals surface area contributed by atoms with Gasteiger partial charge in [0.2, 0.25) is 0 Å². The van der Waals surface area contributed by atoms with E-state index in [0.717, 1.165) is 33.5 Å². The monoisotopic (exact) mass is 830 g/mol. The first-order valence-corrected chi connectivity index (χ1v) is 21.8. The number of nitrogens with zero attached hydrogens (tertiary/aromatic N) is 1. The highest BCUT2D eigenvalue weighted by Gasteiger charge is 2.18. The summed E-state index contributed by atoms with van der Waals surface area (Å²) in [5, 5.41) is 0. The van der Waals surface area contributed by atoms with Gasteiger partial charge in [-0.2, -0.15) is 0 Å². The average Bonchev–Trinajstić information content (AvgIpc) is 3.12. The largest absolute Gasteiger partial charge is 0.238 e. The van der Waals surface area contributed by atoms with Gasteiger partial charge < -0.3 is 0 Å². The van der Waals surface area contributed by atoms with E-state index in [1.54, 1.807) is 19.1 Å². The number of benzene rings is 5. The zero-order valence-corrected chi connectivity index (χ0v) is 42.4. The Morgan fingerprint density at radius 2 is 0.689 bits per heavy atom. The number of aryl methyl sites for hydroxylation is 6. The number of halogens is 2. The minimum Gasteiger partial charge on any atom is -0.238 e. The van der Waals surface area contributed by atoms with Gasteiger partial charge in [0.05, 0.1) is 6.57 Å². The molecule has 5 rings (SSSR count). The molecule has 0 aliphatic carbocycles. The molecule has 0 N–H and O–H groups in total. The zero-order chi connectivity index (χ0) is 47.5. The molecule has 0 saturated heterocycles. The molecule has 0 bridgehead atoms. The van der Waals surface area contributed by atoms with Crippen LogP contribution < -0.4 is 0 Å². The Morgan fingerprint density at radius 3 is 1.07 bits per heavy atom. The van der Waals surface area contributed by atoms with Gasteiger partial charge in [-0.05, 0) is 143 Å². The van der Waals surface area contributed by atoms with Gasteiger partial charge in [-0.15, -0.1) is 0 Å². The normalized spacial score (nSPS) is 11.6.